The van der Waals surface area contributed by atoms with Gasteiger partial charge in [0.25, 0.3) is 0 Å². The van der Waals surface area contributed by atoms with E-state index in [0.717, 1.165) is 15.7 Å². The molecular weight excluding hydrogens is 296 g/mol. The van der Waals surface area contributed by atoms with Crippen molar-refractivity contribution >= 4 is 38.9 Å². The monoisotopic (exact) mass is 302 g/mol. The number of nitrogens with two attached hydrogens (primary N) is 1. The van der Waals surface area contributed by atoms with E-state index in [9.17, 15) is 0 Å². The van der Waals surface area contributed by atoms with Crippen LogP contribution in [0.4, 0.5) is 0 Å². The molecule has 0 aliphatic rings. The van der Waals surface area contributed by atoms with E-state index in [2.05, 4.69) is 20.9 Å². The molecule has 1 unspecified atom stereocenters. The average molecular weight is 304 g/mol. The van der Waals surface area contributed by atoms with Gasteiger partial charge in [-0.05, 0) is 39.0 Å². The Bertz CT molecular complexity index is 455. The van der Waals surface area contributed by atoms with Crippen LogP contribution in [-0.4, -0.2) is 4.98 Å². The molecule has 2 aromatic heterocycles. The van der Waals surface area contributed by atoms with Crippen LogP contribution in [0.2, 0.25) is 5.02 Å². The zero-order valence-electron chi connectivity index (χ0n) is 7.65. The number of nitrogens with zero attached hydrogens (tertiary/aromatic N) is 1. The number of pyridine rings is 1. The second kappa shape index (κ2) is 4.61. The van der Waals surface area contributed by atoms with Gasteiger partial charge in [0.05, 0.1) is 16.8 Å². The van der Waals surface area contributed by atoms with E-state index < -0.39 is 0 Å². The summed E-state index contributed by atoms with van der Waals surface area (Å²) in [5.41, 5.74) is 7.95. The molecule has 0 aliphatic carbocycles. The van der Waals surface area contributed by atoms with Crippen molar-refractivity contribution in [3.8, 4) is 0 Å². The normalized spacial score (nSPS) is 12.7. The van der Waals surface area contributed by atoms with Gasteiger partial charge in [-0.1, -0.05) is 11.6 Å². The molecule has 15 heavy (non-hydrogen) atoms. The lowest BCUT2D eigenvalue weighted by molar-refractivity contribution is 0.829. The van der Waals surface area contributed by atoms with E-state index >= 15 is 0 Å². The Morgan fingerprint density at radius 1 is 1.40 bits per heavy atom. The lowest BCUT2D eigenvalue weighted by Crippen LogP contribution is -2.12. The topological polar surface area (TPSA) is 38.9 Å². The smallest absolute Gasteiger partial charge is 0.0745 e. The summed E-state index contributed by atoms with van der Waals surface area (Å²) >= 11 is 10.8. The van der Waals surface area contributed by atoms with Gasteiger partial charge in [0.15, 0.2) is 0 Å². The molecule has 0 amide bonds. The molecule has 0 aliphatic heterocycles. The quantitative estimate of drug-likeness (QED) is 0.920. The molecule has 0 spiro atoms. The number of thiophene rings is 1. The van der Waals surface area contributed by atoms with Crippen LogP contribution >= 0.6 is 38.9 Å². The Hall–Kier alpha value is -0.420. The van der Waals surface area contributed by atoms with Crippen LogP contribution in [0.5, 0.6) is 0 Å². The maximum atomic E-state index is 6.08. The Morgan fingerprint density at radius 3 is 2.73 bits per heavy atom. The van der Waals surface area contributed by atoms with Crippen molar-refractivity contribution in [2.75, 3.05) is 0 Å². The maximum Gasteiger partial charge on any atom is 0.0745 e. The average Bonchev–Trinajstić information content (AvgIpc) is 2.65. The van der Waals surface area contributed by atoms with Crippen molar-refractivity contribution in [2.45, 2.75) is 6.04 Å². The summed E-state index contributed by atoms with van der Waals surface area (Å²) in [7, 11) is 0. The third kappa shape index (κ3) is 2.39. The minimum atomic E-state index is -0.206. The van der Waals surface area contributed by atoms with Crippen LogP contribution in [0, 0.1) is 0 Å². The van der Waals surface area contributed by atoms with Crippen molar-refractivity contribution in [2.24, 2.45) is 5.73 Å². The van der Waals surface area contributed by atoms with Gasteiger partial charge in [-0.25, -0.2) is 0 Å². The fourth-order valence-corrected chi connectivity index (χ4v) is 2.94. The standard InChI is InChI=1S/C10H8BrClN2S/c11-8-5-15-4-7(8)10(13)9-2-1-6(12)3-14-9/h1-5,10H,13H2. The third-order valence-corrected chi connectivity index (χ3v) is 4.02. The fourth-order valence-electron chi connectivity index (χ4n) is 1.24. The van der Waals surface area contributed by atoms with Gasteiger partial charge < -0.3 is 5.73 Å². The molecule has 1 atom stereocenters. The lowest BCUT2D eigenvalue weighted by Gasteiger charge is -2.10. The summed E-state index contributed by atoms with van der Waals surface area (Å²) in [6, 6.07) is 3.43. The first-order chi connectivity index (χ1) is 7.18. The molecule has 2 aromatic rings. The summed E-state index contributed by atoms with van der Waals surface area (Å²) in [5, 5.41) is 4.64. The van der Waals surface area contributed by atoms with Gasteiger partial charge in [-0.2, -0.15) is 11.3 Å². The molecule has 0 saturated heterocycles. The van der Waals surface area contributed by atoms with Crippen molar-refractivity contribution in [1.29, 1.82) is 0 Å². The molecule has 2 rings (SSSR count). The zero-order chi connectivity index (χ0) is 10.8. The second-order valence-corrected chi connectivity index (χ2v) is 5.09. The third-order valence-electron chi connectivity index (χ3n) is 2.05. The molecular formula is C10H8BrClN2S. The summed E-state index contributed by atoms with van der Waals surface area (Å²) in [5.74, 6) is 0. The summed E-state index contributed by atoms with van der Waals surface area (Å²) in [6.07, 6.45) is 1.61. The predicted octanol–water partition coefficient (Wildman–Crippen LogP) is 3.61. The van der Waals surface area contributed by atoms with Crippen molar-refractivity contribution in [3.63, 3.8) is 0 Å². The van der Waals surface area contributed by atoms with Crippen LogP contribution in [0.1, 0.15) is 17.3 Å². The molecule has 2 N–H and O–H groups in total. The minimum Gasteiger partial charge on any atom is -0.319 e. The molecule has 78 valence electrons. The zero-order valence-corrected chi connectivity index (χ0v) is 10.8. The second-order valence-electron chi connectivity index (χ2n) is 3.05. The highest BCUT2D eigenvalue weighted by molar-refractivity contribution is 9.10. The van der Waals surface area contributed by atoms with Crippen molar-refractivity contribution < 1.29 is 0 Å². The molecule has 2 nitrogen and oxygen atoms in total. The van der Waals surface area contributed by atoms with Gasteiger partial charge in [-0.3, -0.25) is 4.98 Å². The molecule has 0 aromatic carbocycles. The number of hydrogen-bond donors (Lipinski definition) is 1. The van der Waals surface area contributed by atoms with Crippen LogP contribution in [-0.2, 0) is 0 Å². The molecule has 0 bridgehead atoms. The van der Waals surface area contributed by atoms with Crippen molar-refractivity contribution in [3.05, 3.63) is 49.8 Å². The number of rotatable bonds is 2. The molecule has 0 radical (unpaired) electrons. The van der Waals surface area contributed by atoms with E-state index in [1.165, 1.54) is 0 Å². The Kier molecular flexibility index (Phi) is 3.41. The van der Waals surface area contributed by atoms with E-state index in [4.69, 9.17) is 17.3 Å². The minimum absolute atomic E-state index is 0.206. The number of halogens is 2. The van der Waals surface area contributed by atoms with Crippen LogP contribution in [0.3, 0.4) is 0 Å². The number of hydrogen-bond acceptors (Lipinski definition) is 3. The number of aromatic nitrogens is 1. The highest BCUT2D eigenvalue weighted by Crippen LogP contribution is 2.29. The van der Waals surface area contributed by atoms with Gasteiger partial charge in [-0.15, -0.1) is 0 Å². The molecule has 2 heterocycles. The Morgan fingerprint density at radius 2 is 2.20 bits per heavy atom. The fraction of sp³-hybridized carbons (Fsp3) is 0.100. The lowest BCUT2D eigenvalue weighted by atomic mass is 10.1. The molecule has 0 saturated carbocycles. The van der Waals surface area contributed by atoms with Crippen LogP contribution in [0.15, 0.2) is 33.6 Å². The van der Waals surface area contributed by atoms with E-state index in [-0.39, 0.29) is 6.04 Å². The molecule has 0 fully saturated rings. The molecule has 5 heteroatoms. The van der Waals surface area contributed by atoms with Crippen LogP contribution in [0.25, 0.3) is 0 Å². The SMILES string of the molecule is NC(c1ccc(Cl)cn1)c1cscc1Br. The summed E-state index contributed by atoms with van der Waals surface area (Å²) in [6.45, 7) is 0. The highest BCUT2D eigenvalue weighted by Gasteiger charge is 2.13. The van der Waals surface area contributed by atoms with Gasteiger partial charge in [0.2, 0.25) is 0 Å². The van der Waals surface area contributed by atoms with Crippen molar-refractivity contribution in [1.82, 2.24) is 4.98 Å². The Balaban J connectivity index is 2.32. The van der Waals surface area contributed by atoms with E-state index in [1.807, 2.05) is 16.8 Å². The first kappa shape index (κ1) is 11.1. The largest absolute Gasteiger partial charge is 0.319 e. The Labute approximate surface area is 105 Å². The van der Waals surface area contributed by atoms with Crippen LogP contribution < -0.4 is 5.73 Å². The van der Waals surface area contributed by atoms with Gasteiger partial charge in [0, 0.05) is 16.0 Å². The first-order valence-corrected chi connectivity index (χ1v) is 6.38. The van der Waals surface area contributed by atoms with E-state index in [1.54, 1.807) is 23.6 Å². The summed E-state index contributed by atoms with van der Waals surface area (Å²) in [4.78, 5) is 4.20. The maximum absolute atomic E-state index is 6.08. The predicted molar refractivity (Wildman–Crippen MR) is 67.3 cm³/mol. The summed E-state index contributed by atoms with van der Waals surface area (Å²) < 4.78 is 1.02. The van der Waals surface area contributed by atoms with Gasteiger partial charge >= 0.3 is 0 Å². The van der Waals surface area contributed by atoms with Gasteiger partial charge in [0.1, 0.15) is 0 Å². The van der Waals surface area contributed by atoms with E-state index in [0.29, 0.717) is 5.02 Å². The first-order valence-electron chi connectivity index (χ1n) is 4.27. The highest BCUT2D eigenvalue weighted by atomic mass is 79.9.